The van der Waals surface area contributed by atoms with Gasteiger partial charge in [-0.15, -0.1) is 0 Å². The third kappa shape index (κ3) is 4.83. The number of anilines is 1. The fraction of sp³-hybridized carbons (Fsp3) is 0.364. The molecule has 0 saturated carbocycles. The Morgan fingerprint density at radius 2 is 1.77 bits per heavy atom. The molecule has 0 bridgehead atoms. The van der Waals surface area contributed by atoms with E-state index < -0.39 is 0 Å². The van der Waals surface area contributed by atoms with Crippen molar-refractivity contribution in [1.29, 1.82) is 0 Å². The van der Waals surface area contributed by atoms with Gasteiger partial charge in [-0.3, -0.25) is 9.88 Å². The van der Waals surface area contributed by atoms with Gasteiger partial charge in [0.05, 0.1) is 0 Å². The summed E-state index contributed by atoms with van der Waals surface area (Å²) in [5.74, 6) is 1.39. The summed E-state index contributed by atoms with van der Waals surface area (Å²) in [7, 11) is 0. The zero-order valence-electron chi connectivity index (χ0n) is 17.3. The van der Waals surface area contributed by atoms with Crippen LogP contribution in [-0.4, -0.2) is 57.1 Å². The molecule has 0 spiro atoms. The molecule has 1 aliphatic rings. The van der Waals surface area contributed by atoms with Gasteiger partial charge in [-0.05, 0) is 42.0 Å². The highest BCUT2D eigenvalue weighted by atomic mass is 16.5. The molecule has 0 radical (unpaired) electrons. The van der Waals surface area contributed by atoms with Gasteiger partial charge in [-0.1, -0.05) is 19.0 Å². The molecule has 156 valence electrons. The molecular weight excluding hydrogens is 380 g/mol. The molecular formula is C22H26N6O2. The minimum absolute atomic E-state index is 0.0776. The molecule has 3 aromatic rings. The zero-order valence-corrected chi connectivity index (χ0v) is 17.3. The van der Waals surface area contributed by atoms with E-state index in [1.165, 1.54) is 5.56 Å². The molecule has 0 unspecified atom stereocenters. The number of benzene rings is 1. The normalized spacial score (nSPS) is 14.8. The number of pyridine rings is 1. The molecule has 3 heterocycles. The van der Waals surface area contributed by atoms with Gasteiger partial charge in [0.2, 0.25) is 0 Å². The van der Waals surface area contributed by atoms with Crippen molar-refractivity contribution in [1.82, 2.24) is 24.9 Å². The third-order valence-corrected chi connectivity index (χ3v) is 5.16. The van der Waals surface area contributed by atoms with Gasteiger partial charge >= 0.3 is 6.03 Å². The Morgan fingerprint density at radius 3 is 2.40 bits per heavy atom. The van der Waals surface area contributed by atoms with E-state index in [2.05, 4.69) is 25.3 Å². The van der Waals surface area contributed by atoms with E-state index in [1.54, 1.807) is 0 Å². The maximum Gasteiger partial charge on any atom is 0.321 e. The Labute approximate surface area is 175 Å². The number of carbonyl (C=O) groups excluding carboxylic acids is 1. The standard InChI is InChI=1S/C22H26N6O2/c1-16(2)20-25-21(30-26-20)18-3-5-19(6-4-18)24-22(29)28-13-11-27(12-14-28)15-17-7-9-23-10-8-17/h3-10,16H,11-15H2,1-2H3,(H,24,29). The van der Waals surface area contributed by atoms with Gasteiger partial charge in [-0.25, -0.2) is 4.79 Å². The van der Waals surface area contributed by atoms with Crippen molar-refractivity contribution in [3.63, 3.8) is 0 Å². The Kier molecular flexibility index (Phi) is 6.04. The van der Waals surface area contributed by atoms with Crippen LogP contribution in [-0.2, 0) is 6.54 Å². The summed E-state index contributed by atoms with van der Waals surface area (Å²) < 4.78 is 5.32. The van der Waals surface area contributed by atoms with E-state index in [-0.39, 0.29) is 11.9 Å². The number of carbonyl (C=O) groups is 1. The van der Waals surface area contributed by atoms with Crippen LogP contribution in [0.5, 0.6) is 0 Å². The van der Waals surface area contributed by atoms with E-state index in [1.807, 2.05) is 67.5 Å². The van der Waals surface area contributed by atoms with E-state index in [4.69, 9.17) is 4.52 Å². The van der Waals surface area contributed by atoms with Crippen molar-refractivity contribution in [2.24, 2.45) is 0 Å². The van der Waals surface area contributed by atoms with E-state index in [0.717, 1.165) is 30.9 Å². The number of hydrogen-bond acceptors (Lipinski definition) is 6. The second-order valence-electron chi connectivity index (χ2n) is 7.74. The number of rotatable bonds is 5. The van der Waals surface area contributed by atoms with E-state index in [0.29, 0.717) is 24.8 Å². The van der Waals surface area contributed by atoms with E-state index in [9.17, 15) is 4.79 Å². The number of nitrogens with zero attached hydrogens (tertiary/aromatic N) is 5. The number of piperazine rings is 1. The fourth-order valence-electron chi connectivity index (χ4n) is 3.34. The molecule has 8 nitrogen and oxygen atoms in total. The predicted molar refractivity (Wildman–Crippen MR) is 114 cm³/mol. The van der Waals surface area contributed by atoms with Crippen molar-refractivity contribution < 1.29 is 9.32 Å². The highest BCUT2D eigenvalue weighted by molar-refractivity contribution is 5.89. The molecule has 2 aromatic heterocycles. The number of amides is 2. The molecule has 2 amide bonds. The average Bonchev–Trinajstić information content (AvgIpc) is 3.26. The van der Waals surface area contributed by atoms with Crippen molar-refractivity contribution in [3.05, 3.63) is 60.2 Å². The zero-order chi connectivity index (χ0) is 20.9. The lowest BCUT2D eigenvalue weighted by Gasteiger charge is -2.34. The van der Waals surface area contributed by atoms with Gasteiger partial charge in [0.1, 0.15) is 0 Å². The summed E-state index contributed by atoms with van der Waals surface area (Å²) in [6, 6.07) is 11.4. The lowest BCUT2D eigenvalue weighted by Crippen LogP contribution is -2.49. The molecule has 4 rings (SSSR count). The number of hydrogen-bond donors (Lipinski definition) is 1. The van der Waals surface area contributed by atoms with Crippen molar-refractivity contribution in [2.75, 3.05) is 31.5 Å². The summed E-state index contributed by atoms with van der Waals surface area (Å²) >= 11 is 0. The van der Waals surface area contributed by atoms with Gasteiger partial charge in [0.25, 0.3) is 5.89 Å². The third-order valence-electron chi connectivity index (χ3n) is 5.16. The van der Waals surface area contributed by atoms with Gasteiger partial charge in [0.15, 0.2) is 5.82 Å². The van der Waals surface area contributed by atoms with E-state index >= 15 is 0 Å². The number of nitrogens with one attached hydrogen (secondary N) is 1. The second-order valence-corrected chi connectivity index (χ2v) is 7.74. The number of aromatic nitrogens is 3. The molecule has 1 saturated heterocycles. The lowest BCUT2D eigenvalue weighted by molar-refractivity contribution is 0.143. The fourth-order valence-corrected chi connectivity index (χ4v) is 3.34. The minimum Gasteiger partial charge on any atom is -0.334 e. The minimum atomic E-state index is -0.0776. The molecule has 0 atom stereocenters. The Hall–Kier alpha value is -3.26. The molecule has 1 fully saturated rings. The number of urea groups is 1. The topological polar surface area (TPSA) is 87.4 Å². The summed E-state index contributed by atoms with van der Waals surface area (Å²) in [5.41, 5.74) is 2.81. The SMILES string of the molecule is CC(C)c1noc(-c2ccc(NC(=O)N3CCN(Cc4ccncc4)CC3)cc2)n1. The first-order valence-corrected chi connectivity index (χ1v) is 10.2. The van der Waals surface area contributed by atoms with Crippen LogP contribution in [0.25, 0.3) is 11.5 Å². The Bertz CT molecular complexity index is 963. The van der Waals surface area contributed by atoms with Crippen LogP contribution in [0.2, 0.25) is 0 Å². The second kappa shape index (κ2) is 9.04. The first kappa shape index (κ1) is 20.0. The van der Waals surface area contributed by atoms with Crippen LogP contribution in [0.4, 0.5) is 10.5 Å². The summed E-state index contributed by atoms with van der Waals surface area (Å²) in [6.45, 7) is 8.03. The molecule has 30 heavy (non-hydrogen) atoms. The molecule has 1 aliphatic heterocycles. The lowest BCUT2D eigenvalue weighted by atomic mass is 10.2. The Balaban J connectivity index is 1.29. The van der Waals surface area contributed by atoms with Crippen LogP contribution < -0.4 is 5.32 Å². The summed E-state index contributed by atoms with van der Waals surface area (Å²) in [6.07, 6.45) is 3.62. The van der Waals surface area contributed by atoms with Crippen LogP contribution >= 0.6 is 0 Å². The summed E-state index contributed by atoms with van der Waals surface area (Å²) in [4.78, 5) is 25.3. The van der Waals surface area contributed by atoms with Crippen molar-refractivity contribution >= 4 is 11.7 Å². The van der Waals surface area contributed by atoms with Gasteiger partial charge < -0.3 is 14.7 Å². The van der Waals surface area contributed by atoms with Gasteiger partial charge in [-0.2, -0.15) is 4.98 Å². The highest BCUT2D eigenvalue weighted by Gasteiger charge is 2.21. The summed E-state index contributed by atoms with van der Waals surface area (Å²) in [5, 5.41) is 6.96. The smallest absolute Gasteiger partial charge is 0.321 e. The van der Waals surface area contributed by atoms with Crippen LogP contribution in [0.3, 0.4) is 0 Å². The highest BCUT2D eigenvalue weighted by Crippen LogP contribution is 2.22. The first-order valence-electron chi connectivity index (χ1n) is 10.2. The van der Waals surface area contributed by atoms with Crippen molar-refractivity contribution in [2.45, 2.75) is 26.3 Å². The molecule has 0 aliphatic carbocycles. The monoisotopic (exact) mass is 406 g/mol. The van der Waals surface area contributed by atoms with Crippen LogP contribution in [0.15, 0.2) is 53.3 Å². The van der Waals surface area contributed by atoms with Crippen LogP contribution in [0.1, 0.15) is 31.2 Å². The quantitative estimate of drug-likeness (QED) is 0.697. The molecule has 1 aromatic carbocycles. The Morgan fingerprint density at radius 1 is 1.07 bits per heavy atom. The van der Waals surface area contributed by atoms with Gasteiger partial charge in [0, 0.05) is 62.3 Å². The molecule has 8 heteroatoms. The van der Waals surface area contributed by atoms with Crippen LogP contribution in [0, 0.1) is 0 Å². The molecule has 1 N–H and O–H groups in total. The first-order chi connectivity index (χ1) is 14.6. The van der Waals surface area contributed by atoms with Crippen molar-refractivity contribution in [3.8, 4) is 11.5 Å². The predicted octanol–water partition coefficient (Wildman–Crippen LogP) is 3.60. The largest absolute Gasteiger partial charge is 0.334 e. The average molecular weight is 406 g/mol. The maximum absolute atomic E-state index is 12.6. The maximum atomic E-state index is 12.6.